The van der Waals surface area contributed by atoms with Gasteiger partial charge < -0.3 is 10.2 Å². The Hall–Kier alpha value is -2.63. The number of carbonyl (C=O) groups is 2. The number of hydrogen-bond acceptors (Lipinski definition) is 3. The molecule has 130 valence electrons. The number of carbonyl (C=O) groups excluding carboxylic acids is 2. The average Bonchev–Trinajstić information content (AvgIpc) is 3.29. The number of likely N-dealkylation sites (tertiary alicyclic amines) is 1. The molecule has 0 unspecified atom stereocenters. The Morgan fingerprint density at radius 2 is 1.96 bits per heavy atom. The number of rotatable bonds is 3. The molecular formula is C19H22N4O2. The maximum atomic E-state index is 13.1. The van der Waals surface area contributed by atoms with Gasteiger partial charge in [-0.05, 0) is 37.3 Å². The zero-order valence-corrected chi connectivity index (χ0v) is 14.0. The SMILES string of the molecule is O=C(Nc1cn[nH]c1)[C@@H]1C[C@H]2CCCC[C@@H]2N1C(=O)c1ccccc1. The first-order valence-electron chi connectivity index (χ1n) is 8.91. The van der Waals surface area contributed by atoms with Crippen molar-refractivity contribution in [3.63, 3.8) is 0 Å². The summed E-state index contributed by atoms with van der Waals surface area (Å²) in [5.74, 6) is 0.254. The van der Waals surface area contributed by atoms with Gasteiger partial charge in [-0.15, -0.1) is 0 Å². The topological polar surface area (TPSA) is 78.1 Å². The second kappa shape index (κ2) is 6.70. The fourth-order valence-electron chi connectivity index (χ4n) is 4.26. The van der Waals surface area contributed by atoms with Crippen molar-refractivity contribution in [2.45, 2.75) is 44.2 Å². The number of hydrogen-bond donors (Lipinski definition) is 2. The first-order chi connectivity index (χ1) is 12.2. The highest BCUT2D eigenvalue weighted by atomic mass is 16.2. The Balaban J connectivity index is 1.61. The largest absolute Gasteiger partial charge is 0.323 e. The standard InChI is InChI=1S/C19H22N4O2/c24-18(22-15-11-20-21-12-15)17-10-14-8-4-5-9-16(14)23(17)19(25)13-6-2-1-3-7-13/h1-3,6-7,11-12,14,16-17H,4-5,8-10H2,(H,20,21)(H,22,24)/t14-,16+,17+/m1/s1. The van der Waals surface area contributed by atoms with Gasteiger partial charge in [-0.3, -0.25) is 14.7 Å². The number of amides is 2. The number of fused-ring (bicyclic) bond motifs is 1. The normalized spacial score (nSPS) is 25.4. The molecule has 6 nitrogen and oxygen atoms in total. The lowest BCUT2D eigenvalue weighted by Gasteiger charge is -2.33. The second-order valence-corrected chi connectivity index (χ2v) is 6.92. The molecule has 1 saturated heterocycles. The van der Waals surface area contributed by atoms with Crippen molar-refractivity contribution in [2.75, 3.05) is 5.32 Å². The Labute approximate surface area is 146 Å². The maximum Gasteiger partial charge on any atom is 0.254 e. The van der Waals surface area contributed by atoms with Crippen LogP contribution in [0, 0.1) is 5.92 Å². The highest BCUT2D eigenvalue weighted by Gasteiger charge is 2.47. The van der Waals surface area contributed by atoms with Crippen LogP contribution in [0.1, 0.15) is 42.5 Å². The fraction of sp³-hybridized carbons (Fsp3) is 0.421. The third kappa shape index (κ3) is 3.04. The van der Waals surface area contributed by atoms with E-state index in [-0.39, 0.29) is 17.9 Å². The number of nitrogens with zero attached hydrogens (tertiary/aromatic N) is 2. The summed E-state index contributed by atoms with van der Waals surface area (Å²) in [4.78, 5) is 27.8. The van der Waals surface area contributed by atoms with Crippen molar-refractivity contribution in [2.24, 2.45) is 5.92 Å². The van der Waals surface area contributed by atoms with E-state index < -0.39 is 6.04 Å². The van der Waals surface area contributed by atoms with Crippen LogP contribution in [0.2, 0.25) is 0 Å². The average molecular weight is 338 g/mol. The van der Waals surface area contributed by atoms with Crippen molar-refractivity contribution in [1.29, 1.82) is 0 Å². The molecule has 3 atom stereocenters. The summed E-state index contributed by atoms with van der Waals surface area (Å²) < 4.78 is 0. The summed E-state index contributed by atoms with van der Waals surface area (Å²) in [6, 6.07) is 9.02. The summed E-state index contributed by atoms with van der Waals surface area (Å²) in [6.07, 6.45) is 8.34. The van der Waals surface area contributed by atoms with E-state index in [1.165, 1.54) is 6.42 Å². The first-order valence-corrected chi connectivity index (χ1v) is 8.91. The first kappa shape index (κ1) is 15.9. The van der Waals surface area contributed by atoms with Gasteiger partial charge >= 0.3 is 0 Å². The van der Waals surface area contributed by atoms with Crippen LogP contribution in [0.4, 0.5) is 5.69 Å². The minimum absolute atomic E-state index is 0.0395. The van der Waals surface area contributed by atoms with E-state index >= 15 is 0 Å². The monoisotopic (exact) mass is 338 g/mol. The number of nitrogens with one attached hydrogen (secondary N) is 2. The van der Waals surface area contributed by atoms with Gasteiger partial charge in [0.1, 0.15) is 6.04 Å². The second-order valence-electron chi connectivity index (χ2n) is 6.92. The van der Waals surface area contributed by atoms with Crippen LogP contribution in [0.25, 0.3) is 0 Å². The van der Waals surface area contributed by atoms with Gasteiger partial charge in [0.2, 0.25) is 5.91 Å². The molecule has 2 aromatic rings. The van der Waals surface area contributed by atoms with Crippen LogP contribution in [0.5, 0.6) is 0 Å². The van der Waals surface area contributed by atoms with E-state index in [1.807, 2.05) is 35.2 Å². The van der Waals surface area contributed by atoms with Gasteiger partial charge in [-0.2, -0.15) is 5.10 Å². The number of anilines is 1. The maximum absolute atomic E-state index is 13.1. The smallest absolute Gasteiger partial charge is 0.254 e. The predicted molar refractivity (Wildman–Crippen MR) is 94.0 cm³/mol. The molecule has 25 heavy (non-hydrogen) atoms. The van der Waals surface area contributed by atoms with Crippen molar-refractivity contribution in [3.05, 3.63) is 48.3 Å². The molecule has 1 saturated carbocycles. The third-order valence-electron chi connectivity index (χ3n) is 5.41. The molecule has 0 radical (unpaired) electrons. The van der Waals surface area contributed by atoms with Gasteiger partial charge in [-0.25, -0.2) is 0 Å². The van der Waals surface area contributed by atoms with E-state index in [9.17, 15) is 9.59 Å². The third-order valence-corrected chi connectivity index (χ3v) is 5.41. The van der Waals surface area contributed by atoms with Crippen molar-refractivity contribution in [1.82, 2.24) is 15.1 Å². The quantitative estimate of drug-likeness (QED) is 0.903. The van der Waals surface area contributed by atoms with Crippen LogP contribution < -0.4 is 5.32 Å². The van der Waals surface area contributed by atoms with Gasteiger partial charge in [0.25, 0.3) is 5.91 Å². The highest BCUT2D eigenvalue weighted by Crippen LogP contribution is 2.40. The van der Waals surface area contributed by atoms with Crippen molar-refractivity contribution < 1.29 is 9.59 Å². The molecule has 1 aromatic heterocycles. The molecule has 1 aromatic carbocycles. The van der Waals surface area contributed by atoms with Crippen molar-refractivity contribution >= 4 is 17.5 Å². The van der Waals surface area contributed by atoms with E-state index in [2.05, 4.69) is 15.5 Å². The molecule has 0 spiro atoms. The van der Waals surface area contributed by atoms with Crippen LogP contribution in [-0.4, -0.2) is 39.0 Å². The van der Waals surface area contributed by atoms with Crippen LogP contribution in [-0.2, 0) is 4.79 Å². The van der Waals surface area contributed by atoms with E-state index in [0.717, 1.165) is 25.7 Å². The lowest BCUT2D eigenvalue weighted by molar-refractivity contribution is -0.120. The molecular weight excluding hydrogens is 316 g/mol. The zero-order chi connectivity index (χ0) is 17.2. The number of H-pyrrole nitrogens is 1. The van der Waals surface area contributed by atoms with E-state index in [1.54, 1.807) is 12.4 Å². The molecule has 2 N–H and O–H groups in total. The molecule has 2 heterocycles. The number of benzene rings is 1. The van der Waals surface area contributed by atoms with Gasteiger partial charge in [-0.1, -0.05) is 31.0 Å². The summed E-state index contributed by atoms with van der Waals surface area (Å²) in [5.41, 5.74) is 1.28. The molecule has 1 aliphatic heterocycles. The van der Waals surface area contributed by atoms with Crippen molar-refractivity contribution in [3.8, 4) is 0 Å². The van der Waals surface area contributed by atoms with E-state index in [4.69, 9.17) is 0 Å². The molecule has 1 aliphatic carbocycles. The lowest BCUT2D eigenvalue weighted by Crippen LogP contribution is -2.47. The van der Waals surface area contributed by atoms with Gasteiger partial charge in [0, 0.05) is 17.8 Å². The van der Waals surface area contributed by atoms with Gasteiger partial charge in [0.05, 0.1) is 11.9 Å². The van der Waals surface area contributed by atoms with Gasteiger partial charge in [0.15, 0.2) is 0 Å². The van der Waals surface area contributed by atoms with Crippen LogP contribution in [0.15, 0.2) is 42.7 Å². The Kier molecular flexibility index (Phi) is 4.26. The predicted octanol–water partition coefficient (Wildman–Crippen LogP) is 2.82. The lowest BCUT2D eigenvalue weighted by atomic mass is 9.84. The summed E-state index contributed by atoms with van der Waals surface area (Å²) in [7, 11) is 0. The Morgan fingerprint density at radius 3 is 2.72 bits per heavy atom. The molecule has 4 rings (SSSR count). The summed E-state index contributed by atoms with van der Waals surface area (Å²) in [6.45, 7) is 0. The molecule has 0 bridgehead atoms. The Morgan fingerprint density at radius 1 is 1.16 bits per heavy atom. The Bertz CT molecular complexity index is 744. The van der Waals surface area contributed by atoms with Crippen LogP contribution >= 0.6 is 0 Å². The summed E-state index contributed by atoms with van der Waals surface area (Å²) in [5, 5.41) is 9.43. The minimum atomic E-state index is -0.421. The number of aromatic amines is 1. The molecule has 2 fully saturated rings. The molecule has 2 aliphatic rings. The summed E-state index contributed by atoms with van der Waals surface area (Å²) >= 11 is 0. The minimum Gasteiger partial charge on any atom is -0.323 e. The highest BCUT2D eigenvalue weighted by molar-refractivity contribution is 6.01. The number of aromatic nitrogens is 2. The zero-order valence-electron chi connectivity index (χ0n) is 14.0. The molecule has 2 amide bonds. The molecule has 6 heteroatoms. The fourth-order valence-corrected chi connectivity index (χ4v) is 4.26. The van der Waals surface area contributed by atoms with Crippen LogP contribution in [0.3, 0.4) is 0 Å². The van der Waals surface area contributed by atoms with E-state index in [0.29, 0.717) is 17.2 Å².